The van der Waals surface area contributed by atoms with Gasteiger partial charge in [0.1, 0.15) is 0 Å². The summed E-state index contributed by atoms with van der Waals surface area (Å²) >= 11 is 0. The van der Waals surface area contributed by atoms with Crippen LogP contribution in [0.4, 0.5) is 5.69 Å². The van der Waals surface area contributed by atoms with Crippen LogP contribution in [0.5, 0.6) is 0 Å². The Hall–Kier alpha value is -1.31. The molecule has 0 aromatic heterocycles. The second-order valence-corrected chi connectivity index (χ2v) is 7.12. The zero-order valence-electron chi connectivity index (χ0n) is 12.9. The molecule has 1 N–H and O–H groups in total. The van der Waals surface area contributed by atoms with E-state index in [1.54, 1.807) is 0 Å². The minimum Gasteiger partial charge on any atom is -0.325 e. The molecule has 1 aromatic rings. The van der Waals surface area contributed by atoms with Crippen molar-refractivity contribution < 1.29 is 4.79 Å². The lowest BCUT2D eigenvalue weighted by Gasteiger charge is -2.24. The second-order valence-electron chi connectivity index (χ2n) is 7.12. The van der Waals surface area contributed by atoms with E-state index in [9.17, 15) is 4.79 Å². The molecule has 1 aromatic carbocycles. The SMILES string of the molecule is CC(C)C(C)C1C(=O)Nc2ccc(C(C)(C)C)cc21. The van der Waals surface area contributed by atoms with Crippen LogP contribution in [0.2, 0.25) is 0 Å². The maximum absolute atomic E-state index is 12.2. The van der Waals surface area contributed by atoms with Crippen molar-refractivity contribution in [2.75, 3.05) is 5.32 Å². The normalized spacial score (nSPS) is 20.4. The van der Waals surface area contributed by atoms with Gasteiger partial charge in [0.25, 0.3) is 0 Å². The molecule has 104 valence electrons. The molecule has 1 amide bonds. The Balaban J connectivity index is 2.46. The fourth-order valence-electron chi connectivity index (χ4n) is 2.66. The van der Waals surface area contributed by atoms with Crippen LogP contribution in [0.25, 0.3) is 0 Å². The van der Waals surface area contributed by atoms with Crippen molar-refractivity contribution in [2.45, 2.75) is 52.9 Å². The summed E-state index contributed by atoms with van der Waals surface area (Å²) in [6.45, 7) is 13.2. The number of carbonyl (C=O) groups is 1. The average Bonchev–Trinajstić information content (AvgIpc) is 2.61. The van der Waals surface area contributed by atoms with Crippen molar-refractivity contribution >= 4 is 11.6 Å². The van der Waals surface area contributed by atoms with Crippen LogP contribution >= 0.6 is 0 Å². The van der Waals surface area contributed by atoms with Gasteiger partial charge in [0, 0.05) is 5.69 Å². The third kappa shape index (κ3) is 2.54. The first kappa shape index (κ1) is 14.1. The van der Waals surface area contributed by atoms with Crippen LogP contribution < -0.4 is 5.32 Å². The Bertz CT molecular complexity index is 496. The second kappa shape index (κ2) is 4.66. The van der Waals surface area contributed by atoms with Gasteiger partial charge in [-0.2, -0.15) is 0 Å². The zero-order chi connectivity index (χ0) is 14.4. The molecule has 0 spiro atoms. The molecule has 2 heteroatoms. The van der Waals surface area contributed by atoms with E-state index in [0.29, 0.717) is 11.8 Å². The average molecular weight is 259 g/mol. The highest BCUT2D eigenvalue weighted by Crippen LogP contribution is 2.41. The molecular formula is C17H25NO. The highest BCUT2D eigenvalue weighted by molar-refractivity contribution is 6.03. The van der Waals surface area contributed by atoms with Crippen LogP contribution in [0.1, 0.15) is 58.6 Å². The minimum atomic E-state index is -0.00250. The molecule has 2 unspecified atom stereocenters. The summed E-state index contributed by atoms with van der Waals surface area (Å²) in [6.07, 6.45) is 0. The number of fused-ring (bicyclic) bond motifs is 1. The monoisotopic (exact) mass is 259 g/mol. The van der Waals surface area contributed by atoms with Crippen LogP contribution in [0.3, 0.4) is 0 Å². The predicted molar refractivity (Wildman–Crippen MR) is 80.5 cm³/mol. The first-order valence-electron chi connectivity index (χ1n) is 7.17. The highest BCUT2D eigenvalue weighted by Gasteiger charge is 2.36. The predicted octanol–water partition coefficient (Wildman–Crippen LogP) is 4.31. The van der Waals surface area contributed by atoms with Crippen molar-refractivity contribution in [2.24, 2.45) is 11.8 Å². The summed E-state index contributed by atoms with van der Waals surface area (Å²) in [6, 6.07) is 6.40. The molecule has 2 atom stereocenters. The summed E-state index contributed by atoms with van der Waals surface area (Å²) in [7, 11) is 0. The lowest BCUT2D eigenvalue weighted by atomic mass is 9.79. The van der Waals surface area contributed by atoms with Crippen molar-refractivity contribution in [3.8, 4) is 0 Å². The largest absolute Gasteiger partial charge is 0.325 e. The van der Waals surface area contributed by atoms with Crippen molar-refractivity contribution in [1.82, 2.24) is 0 Å². The van der Waals surface area contributed by atoms with E-state index in [2.05, 4.69) is 65.1 Å². The molecule has 1 heterocycles. The molecule has 0 fully saturated rings. The summed E-state index contributed by atoms with van der Waals surface area (Å²) < 4.78 is 0. The molecule has 0 aliphatic carbocycles. The third-order valence-electron chi connectivity index (χ3n) is 4.37. The molecule has 2 nitrogen and oxygen atoms in total. The Kier molecular flexibility index (Phi) is 3.46. The topological polar surface area (TPSA) is 29.1 Å². The van der Waals surface area contributed by atoms with Gasteiger partial charge in [-0.15, -0.1) is 0 Å². The zero-order valence-corrected chi connectivity index (χ0v) is 12.9. The molecule has 1 aliphatic heterocycles. The number of carbonyl (C=O) groups excluding carboxylic acids is 1. The van der Waals surface area contributed by atoms with Gasteiger partial charge in [-0.25, -0.2) is 0 Å². The van der Waals surface area contributed by atoms with Gasteiger partial charge < -0.3 is 5.32 Å². The van der Waals surface area contributed by atoms with Crippen molar-refractivity contribution in [3.05, 3.63) is 29.3 Å². The Morgan fingerprint density at radius 3 is 2.32 bits per heavy atom. The first-order chi connectivity index (χ1) is 8.71. The van der Waals surface area contributed by atoms with Crippen LogP contribution in [-0.4, -0.2) is 5.91 Å². The maximum atomic E-state index is 12.2. The summed E-state index contributed by atoms with van der Waals surface area (Å²) in [5.74, 6) is 1.01. The maximum Gasteiger partial charge on any atom is 0.232 e. The van der Waals surface area contributed by atoms with Gasteiger partial charge in [0.15, 0.2) is 0 Å². The lowest BCUT2D eigenvalue weighted by Crippen LogP contribution is -2.22. The van der Waals surface area contributed by atoms with Gasteiger partial charge in [0.2, 0.25) is 5.91 Å². The van der Waals surface area contributed by atoms with Crippen LogP contribution in [-0.2, 0) is 10.2 Å². The van der Waals surface area contributed by atoms with E-state index in [1.807, 2.05) is 0 Å². The number of anilines is 1. The fourth-order valence-corrected chi connectivity index (χ4v) is 2.66. The smallest absolute Gasteiger partial charge is 0.232 e. The van der Waals surface area contributed by atoms with Crippen LogP contribution in [0.15, 0.2) is 18.2 Å². The summed E-state index contributed by atoms with van der Waals surface area (Å²) in [5.41, 5.74) is 3.59. The molecule has 0 saturated carbocycles. The number of hydrogen-bond donors (Lipinski definition) is 1. The number of benzene rings is 1. The summed E-state index contributed by atoms with van der Waals surface area (Å²) in [5, 5.41) is 3.02. The molecular weight excluding hydrogens is 234 g/mol. The van der Waals surface area contributed by atoms with Gasteiger partial charge in [-0.1, -0.05) is 53.7 Å². The minimum absolute atomic E-state index is 0.00250. The van der Waals surface area contributed by atoms with Crippen molar-refractivity contribution in [1.29, 1.82) is 0 Å². The molecule has 19 heavy (non-hydrogen) atoms. The quantitative estimate of drug-likeness (QED) is 0.842. The van der Waals surface area contributed by atoms with Gasteiger partial charge >= 0.3 is 0 Å². The Labute approximate surface area is 116 Å². The van der Waals surface area contributed by atoms with E-state index < -0.39 is 0 Å². The molecule has 1 aliphatic rings. The van der Waals surface area contributed by atoms with E-state index in [0.717, 1.165) is 5.69 Å². The first-order valence-corrected chi connectivity index (χ1v) is 7.17. The molecule has 0 bridgehead atoms. The van der Waals surface area contributed by atoms with E-state index in [1.165, 1.54) is 11.1 Å². The fraction of sp³-hybridized carbons (Fsp3) is 0.588. The number of nitrogens with one attached hydrogen (secondary N) is 1. The van der Waals surface area contributed by atoms with Gasteiger partial charge in [0.05, 0.1) is 5.92 Å². The van der Waals surface area contributed by atoms with E-state index in [4.69, 9.17) is 0 Å². The Morgan fingerprint density at radius 1 is 1.16 bits per heavy atom. The van der Waals surface area contributed by atoms with Crippen molar-refractivity contribution in [3.63, 3.8) is 0 Å². The van der Waals surface area contributed by atoms with E-state index >= 15 is 0 Å². The van der Waals surface area contributed by atoms with Crippen LogP contribution in [0, 0.1) is 11.8 Å². The van der Waals surface area contributed by atoms with Gasteiger partial charge in [-0.05, 0) is 34.4 Å². The number of rotatable bonds is 2. The summed E-state index contributed by atoms with van der Waals surface area (Å²) in [4.78, 5) is 12.2. The Morgan fingerprint density at radius 2 is 1.79 bits per heavy atom. The number of amides is 1. The molecule has 0 radical (unpaired) electrons. The number of hydrogen-bond acceptors (Lipinski definition) is 1. The third-order valence-corrected chi connectivity index (χ3v) is 4.37. The van der Waals surface area contributed by atoms with Gasteiger partial charge in [-0.3, -0.25) is 4.79 Å². The highest BCUT2D eigenvalue weighted by atomic mass is 16.2. The molecule has 0 saturated heterocycles. The standard InChI is InChI=1S/C17H25NO/c1-10(2)11(3)15-13-9-12(17(4,5)6)7-8-14(13)18-16(15)19/h7-11,15H,1-6H3,(H,18,19). The lowest BCUT2D eigenvalue weighted by molar-refractivity contribution is -0.118. The van der Waals surface area contributed by atoms with E-state index in [-0.39, 0.29) is 17.2 Å². The molecule has 2 rings (SSSR count).